The molecule has 0 spiro atoms. The highest BCUT2D eigenvalue weighted by Crippen LogP contribution is 2.23. The monoisotopic (exact) mass is 306 g/mol. The van der Waals surface area contributed by atoms with Gasteiger partial charge in [-0.25, -0.2) is 14.4 Å². The lowest BCUT2D eigenvalue weighted by atomic mass is 10.2. The van der Waals surface area contributed by atoms with Crippen LogP contribution in [0.1, 0.15) is 18.3 Å². The van der Waals surface area contributed by atoms with Crippen molar-refractivity contribution in [2.24, 2.45) is 0 Å². The summed E-state index contributed by atoms with van der Waals surface area (Å²) in [7, 11) is 0. The van der Waals surface area contributed by atoms with Gasteiger partial charge in [0, 0.05) is 12.7 Å². The number of nitriles is 1. The molecule has 108 valence electrons. The van der Waals surface area contributed by atoms with Crippen molar-refractivity contribution in [3.8, 4) is 6.07 Å². The number of benzene rings is 1. The van der Waals surface area contributed by atoms with E-state index in [1.807, 2.05) is 13.0 Å². The van der Waals surface area contributed by atoms with Crippen LogP contribution in [0, 0.1) is 17.1 Å². The van der Waals surface area contributed by atoms with Gasteiger partial charge in [0.25, 0.3) is 0 Å². The van der Waals surface area contributed by atoms with Crippen LogP contribution in [0.3, 0.4) is 0 Å². The lowest BCUT2D eigenvalue weighted by Gasteiger charge is -2.09. The second-order valence-electron chi connectivity index (χ2n) is 4.03. The van der Waals surface area contributed by atoms with Crippen LogP contribution < -0.4 is 5.32 Å². The number of anilines is 2. The quantitative estimate of drug-likeness (QED) is 0.857. The maximum Gasteiger partial charge on any atom is 0.158 e. The van der Waals surface area contributed by atoms with E-state index < -0.39 is 5.82 Å². The smallest absolute Gasteiger partial charge is 0.158 e. The van der Waals surface area contributed by atoms with Crippen molar-refractivity contribution in [3.63, 3.8) is 0 Å². The van der Waals surface area contributed by atoms with Crippen LogP contribution in [0.25, 0.3) is 0 Å². The van der Waals surface area contributed by atoms with Crippen molar-refractivity contribution in [2.45, 2.75) is 13.5 Å². The van der Waals surface area contributed by atoms with Crippen LogP contribution >= 0.6 is 11.6 Å². The Bertz CT molecular complexity index is 687. The van der Waals surface area contributed by atoms with Crippen LogP contribution in [-0.2, 0) is 11.3 Å². The van der Waals surface area contributed by atoms with Crippen molar-refractivity contribution < 1.29 is 9.13 Å². The SMILES string of the molecule is CCOCc1nc(Cl)cc(Nc2cccc(F)c2C#N)n1. The fourth-order valence-corrected chi connectivity index (χ4v) is 1.87. The zero-order valence-electron chi connectivity index (χ0n) is 11.2. The van der Waals surface area contributed by atoms with Gasteiger partial charge in [0.2, 0.25) is 0 Å². The summed E-state index contributed by atoms with van der Waals surface area (Å²) in [6.07, 6.45) is 0. The fraction of sp³-hybridized carbons (Fsp3) is 0.214. The van der Waals surface area contributed by atoms with Crippen molar-refractivity contribution in [3.05, 3.63) is 46.6 Å². The molecule has 5 nitrogen and oxygen atoms in total. The molecule has 0 radical (unpaired) electrons. The van der Waals surface area contributed by atoms with Crippen molar-refractivity contribution >= 4 is 23.1 Å². The third-order valence-electron chi connectivity index (χ3n) is 2.56. The van der Waals surface area contributed by atoms with Crippen molar-refractivity contribution in [2.75, 3.05) is 11.9 Å². The van der Waals surface area contributed by atoms with Crippen molar-refractivity contribution in [1.29, 1.82) is 5.26 Å². The van der Waals surface area contributed by atoms with Gasteiger partial charge in [-0.2, -0.15) is 5.26 Å². The van der Waals surface area contributed by atoms with Crippen LogP contribution in [0.2, 0.25) is 5.15 Å². The maximum absolute atomic E-state index is 13.5. The summed E-state index contributed by atoms with van der Waals surface area (Å²) in [5, 5.41) is 12.1. The molecule has 0 amide bonds. The summed E-state index contributed by atoms with van der Waals surface area (Å²) < 4.78 is 18.8. The van der Waals surface area contributed by atoms with E-state index in [0.717, 1.165) is 0 Å². The molecule has 1 aromatic carbocycles. The third kappa shape index (κ3) is 3.88. The molecule has 1 N–H and O–H groups in total. The summed E-state index contributed by atoms with van der Waals surface area (Å²) >= 11 is 5.91. The second-order valence-corrected chi connectivity index (χ2v) is 4.42. The molecule has 0 saturated heterocycles. The molecular weight excluding hydrogens is 295 g/mol. The average molecular weight is 307 g/mol. The molecule has 2 rings (SSSR count). The Kier molecular flexibility index (Phi) is 5.04. The van der Waals surface area contributed by atoms with E-state index in [1.165, 1.54) is 18.2 Å². The third-order valence-corrected chi connectivity index (χ3v) is 2.76. The maximum atomic E-state index is 13.5. The van der Waals surface area contributed by atoms with Gasteiger partial charge in [-0.3, -0.25) is 0 Å². The van der Waals surface area contributed by atoms with Gasteiger partial charge in [0.05, 0.1) is 5.69 Å². The van der Waals surface area contributed by atoms with Crippen LogP contribution in [-0.4, -0.2) is 16.6 Å². The lowest BCUT2D eigenvalue weighted by molar-refractivity contribution is 0.128. The second kappa shape index (κ2) is 6.97. The summed E-state index contributed by atoms with van der Waals surface area (Å²) in [6.45, 7) is 2.61. The molecular formula is C14H12ClFN4O. The molecule has 0 aliphatic heterocycles. The predicted molar refractivity (Wildman–Crippen MR) is 76.8 cm³/mol. The van der Waals surface area contributed by atoms with E-state index in [2.05, 4.69) is 15.3 Å². The normalized spacial score (nSPS) is 10.2. The van der Waals surface area contributed by atoms with E-state index in [1.54, 1.807) is 6.07 Å². The van der Waals surface area contributed by atoms with E-state index in [-0.39, 0.29) is 17.3 Å². The Labute approximate surface area is 126 Å². The number of nitrogens with one attached hydrogen (secondary N) is 1. The van der Waals surface area contributed by atoms with Crippen LogP contribution in [0.4, 0.5) is 15.9 Å². The summed E-state index contributed by atoms with van der Waals surface area (Å²) in [5.41, 5.74) is 0.230. The van der Waals surface area contributed by atoms with E-state index in [4.69, 9.17) is 21.6 Å². The minimum atomic E-state index is -0.600. The molecule has 0 aliphatic carbocycles. The first-order chi connectivity index (χ1) is 10.1. The fourth-order valence-electron chi connectivity index (χ4n) is 1.67. The molecule has 21 heavy (non-hydrogen) atoms. The van der Waals surface area contributed by atoms with Crippen molar-refractivity contribution in [1.82, 2.24) is 9.97 Å². The number of rotatable bonds is 5. The molecule has 0 atom stereocenters. The minimum Gasteiger partial charge on any atom is -0.374 e. The Morgan fingerprint density at radius 2 is 2.24 bits per heavy atom. The lowest BCUT2D eigenvalue weighted by Crippen LogP contribution is -2.04. The Morgan fingerprint density at radius 1 is 1.43 bits per heavy atom. The summed E-state index contributed by atoms with van der Waals surface area (Å²) in [6, 6.07) is 7.60. The molecule has 0 saturated carbocycles. The molecule has 0 bridgehead atoms. The minimum absolute atomic E-state index is 0.0846. The van der Waals surface area contributed by atoms with Gasteiger partial charge in [0.1, 0.15) is 35.0 Å². The largest absolute Gasteiger partial charge is 0.374 e. The first-order valence-corrected chi connectivity index (χ1v) is 6.58. The predicted octanol–water partition coefficient (Wildman–Crippen LogP) is 3.42. The molecule has 0 fully saturated rings. The van der Waals surface area contributed by atoms with Gasteiger partial charge in [-0.1, -0.05) is 17.7 Å². The number of hydrogen-bond donors (Lipinski definition) is 1. The molecule has 2 aromatic rings. The van der Waals surface area contributed by atoms with Gasteiger partial charge in [-0.15, -0.1) is 0 Å². The highest BCUT2D eigenvalue weighted by atomic mass is 35.5. The van der Waals surface area contributed by atoms with E-state index in [0.29, 0.717) is 23.9 Å². The molecule has 7 heteroatoms. The Morgan fingerprint density at radius 3 is 2.95 bits per heavy atom. The van der Waals surface area contributed by atoms with Crippen LogP contribution in [0.5, 0.6) is 0 Å². The topological polar surface area (TPSA) is 70.8 Å². The number of aromatic nitrogens is 2. The van der Waals surface area contributed by atoms with Gasteiger partial charge in [-0.05, 0) is 19.1 Å². The summed E-state index contributed by atoms with van der Waals surface area (Å²) in [4.78, 5) is 8.23. The standard InChI is InChI=1S/C14H12ClFN4O/c1-2-21-8-14-19-12(15)6-13(20-14)18-11-5-3-4-10(16)9(11)7-17/h3-6H,2,8H2,1H3,(H,18,19,20). The zero-order valence-corrected chi connectivity index (χ0v) is 12.0. The molecule has 0 unspecified atom stereocenters. The number of halogens is 2. The summed E-state index contributed by atoms with van der Waals surface area (Å²) in [5.74, 6) is 0.172. The number of hydrogen-bond acceptors (Lipinski definition) is 5. The Hall–Kier alpha value is -2.23. The zero-order chi connectivity index (χ0) is 15.2. The van der Waals surface area contributed by atoms with Gasteiger partial charge in [0.15, 0.2) is 5.82 Å². The molecule has 1 heterocycles. The van der Waals surface area contributed by atoms with E-state index >= 15 is 0 Å². The van der Waals surface area contributed by atoms with E-state index in [9.17, 15) is 4.39 Å². The molecule has 1 aromatic heterocycles. The van der Waals surface area contributed by atoms with Crippen LogP contribution in [0.15, 0.2) is 24.3 Å². The van der Waals surface area contributed by atoms with Gasteiger partial charge >= 0.3 is 0 Å². The highest BCUT2D eigenvalue weighted by Gasteiger charge is 2.10. The molecule has 0 aliphatic rings. The average Bonchev–Trinajstić information content (AvgIpc) is 2.45. The number of ether oxygens (including phenoxy) is 1. The highest BCUT2D eigenvalue weighted by molar-refractivity contribution is 6.29. The first kappa shape index (κ1) is 15.2. The Balaban J connectivity index is 2.30. The van der Waals surface area contributed by atoms with Gasteiger partial charge < -0.3 is 10.1 Å². The first-order valence-electron chi connectivity index (χ1n) is 6.21. The number of nitrogens with zero attached hydrogens (tertiary/aromatic N) is 3.